The maximum atomic E-state index is 11.7. The first-order valence-corrected chi connectivity index (χ1v) is 6.06. The van der Waals surface area contributed by atoms with Crippen molar-refractivity contribution in [3.8, 4) is 5.75 Å². The molecule has 0 heterocycles. The first-order chi connectivity index (χ1) is 9.83. The number of aliphatic carboxylic acids is 1. The topological polar surface area (TPSA) is 131 Å². The molecule has 0 bridgehead atoms. The molecule has 1 atom stereocenters. The fraction of sp³-hybridized carbons (Fsp3) is 0.308. The number of aryl methyl sites for hydroxylation is 1. The van der Waals surface area contributed by atoms with E-state index in [0.29, 0.717) is 11.4 Å². The normalized spacial score (nSPS) is 11.3. The molecule has 0 aromatic heterocycles. The summed E-state index contributed by atoms with van der Waals surface area (Å²) in [6.07, 6.45) is -0.482. The molecule has 1 aromatic rings. The third kappa shape index (κ3) is 5.01. The van der Waals surface area contributed by atoms with Crippen molar-refractivity contribution in [3.05, 3.63) is 23.8 Å². The van der Waals surface area contributed by atoms with Crippen molar-refractivity contribution in [1.82, 2.24) is 5.32 Å². The van der Waals surface area contributed by atoms with Crippen LogP contribution in [-0.2, 0) is 9.59 Å². The van der Waals surface area contributed by atoms with Crippen LogP contribution in [0.4, 0.5) is 10.5 Å². The minimum absolute atomic E-state index is 0.482. The molecule has 5 N–H and O–H groups in total. The first-order valence-electron chi connectivity index (χ1n) is 6.06. The molecule has 0 saturated carbocycles. The predicted molar refractivity (Wildman–Crippen MR) is 75.1 cm³/mol. The molecule has 1 unspecified atom stereocenters. The second-order valence-electron chi connectivity index (χ2n) is 4.34. The van der Waals surface area contributed by atoms with Crippen LogP contribution in [0.2, 0.25) is 0 Å². The van der Waals surface area contributed by atoms with Gasteiger partial charge in [0.05, 0.1) is 13.5 Å². The van der Waals surface area contributed by atoms with Gasteiger partial charge >= 0.3 is 12.0 Å². The molecule has 8 heteroatoms. The monoisotopic (exact) mass is 295 g/mol. The van der Waals surface area contributed by atoms with Crippen LogP contribution < -0.4 is 21.1 Å². The Hall–Kier alpha value is -2.77. The molecule has 21 heavy (non-hydrogen) atoms. The highest BCUT2D eigenvalue weighted by atomic mass is 16.5. The number of amides is 3. The number of rotatable bonds is 6. The van der Waals surface area contributed by atoms with E-state index >= 15 is 0 Å². The molecule has 0 aliphatic carbocycles. The predicted octanol–water partition coefficient (Wildman–Crippen LogP) is 0.454. The van der Waals surface area contributed by atoms with Gasteiger partial charge in [0.15, 0.2) is 0 Å². The summed E-state index contributed by atoms with van der Waals surface area (Å²) in [5.74, 6) is -1.52. The lowest BCUT2D eigenvalue weighted by Crippen LogP contribution is -2.45. The van der Waals surface area contributed by atoms with Crippen LogP contribution in [0.15, 0.2) is 18.2 Å². The highest BCUT2D eigenvalue weighted by molar-refractivity contribution is 5.94. The van der Waals surface area contributed by atoms with Crippen molar-refractivity contribution in [2.75, 3.05) is 12.4 Å². The van der Waals surface area contributed by atoms with E-state index in [1.807, 2.05) is 0 Å². The number of urea groups is 1. The molecule has 3 amide bonds. The minimum Gasteiger partial charge on any atom is -0.497 e. The van der Waals surface area contributed by atoms with Crippen LogP contribution in [-0.4, -0.2) is 36.2 Å². The average Bonchev–Trinajstić information content (AvgIpc) is 2.39. The van der Waals surface area contributed by atoms with Gasteiger partial charge < -0.3 is 26.2 Å². The molecule has 0 spiro atoms. The standard InChI is InChI=1S/C13H17N3O5/c1-7-5-8(21-2)3-4-9(7)15-13(20)16-10(12(18)19)6-11(14)17/h3-5,10H,6H2,1-2H3,(H2,14,17)(H,18,19)(H2,15,16,20). The molecule has 1 aromatic carbocycles. The van der Waals surface area contributed by atoms with E-state index in [1.165, 1.54) is 7.11 Å². The summed E-state index contributed by atoms with van der Waals surface area (Å²) in [5, 5.41) is 13.6. The van der Waals surface area contributed by atoms with E-state index in [4.69, 9.17) is 15.6 Å². The second-order valence-corrected chi connectivity index (χ2v) is 4.34. The number of carbonyl (C=O) groups is 3. The Morgan fingerprint density at radius 3 is 2.52 bits per heavy atom. The molecule has 114 valence electrons. The number of benzene rings is 1. The zero-order valence-corrected chi connectivity index (χ0v) is 11.7. The Bertz CT molecular complexity index is 559. The molecule has 0 fully saturated rings. The van der Waals surface area contributed by atoms with E-state index in [1.54, 1.807) is 25.1 Å². The van der Waals surface area contributed by atoms with E-state index < -0.39 is 30.4 Å². The molecule has 0 aliphatic rings. The highest BCUT2D eigenvalue weighted by Gasteiger charge is 2.22. The zero-order chi connectivity index (χ0) is 16.0. The van der Waals surface area contributed by atoms with Crippen LogP contribution in [0, 0.1) is 6.92 Å². The van der Waals surface area contributed by atoms with E-state index in [9.17, 15) is 14.4 Å². The van der Waals surface area contributed by atoms with Crippen molar-refractivity contribution >= 4 is 23.6 Å². The number of carboxylic acid groups (broad SMARTS) is 1. The summed E-state index contributed by atoms with van der Waals surface area (Å²) < 4.78 is 5.04. The summed E-state index contributed by atoms with van der Waals surface area (Å²) in [5.41, 5.74) is 6.17. The lowest BCUT2D eigenvalue weighted by atomic mass is 10.2. The van der Waals surface area contributed by atoms with Crippen LogP contribution >= 0.6 is 0 Å². The third-order valence-corrected chi connectivity index (χ3v) is 2.69. The Balaban J connectivity index is 2.72. The number of carboxylic acids is 1. The summed E-state index contributed by atoms with van der Waals surface area (Å²) >= 11 is 0. The van der Waals surface area contributed by atoms with Gasteiger partial charge in [0.2, 0.25) is 5.91 Å². The van der Waals surface area contributed by atoms with Gasteiger partial charge in [-0.2, -0.15) is 0 Å². The zero-order valence-electron chi connectivity index (χ0n) is 11.7. The lowest BCUT2D eigenvalue weighted by molar-refractivity contribution is -0.140. The molecular formula is C13H17N3O5. The minimum atomic E-state index is -1.37. The number of nitrogens with one attached hydrogen (secondary N) is 2. The Morgan fingerprint density at radius 1 is 1.38 bits per heavy atom. The Kier molecular flexibility index (Phi) is 5.53. The summed E-state index contributed by atoms with van der Waals surface area (Å²) in [7, 11) is 1.52. The van der Waals surface area contributed by atoms with Crippen molar-refractivity contribution < 1.29 is 24.2 Å². The SMILES string of the molecule is COc1ccc(NC(=O)NC(CC(N)=O)C(=O)O)c(C)c1. The first kappa shape index (κ1) is 16.3. The van der Waals surface area contributed by atoms with E-state index in [-0.39, 0.29) is 0 Å². The van der Waals surface area contributed by atoms with Crippen molar-refractivity contribution in [2.24, 2.45) is 5.73 Å². The van der Waals surface area contributed by atoms with Gasteiger partial charge in [0.25, 0.3) is 0 Å². The number of ether oxygens (including phenoxy) is 1. The summed E-state index contributed by atoms with van der Waals surface area (Å²) in [6.45, 7) is 1.76. The second kappa shape index (κ2) is 7.13. The Morgan fingerprint density at radius 2 is 2.05 bits per heavy atom. The maximum absolute atomic E-state index is 11.7. The number of hydrogen-bond donors (Lipinski definition) is 4. The number of methoxy groups -OCH3 is 1. The lowest BCUT2D eigenvalue weighted by Gasteiger charge is -2.15. The maximum Gasteiger partial charge on any atom is 0.326 e. The average molecular weight is 295 g/mol. The quantitative estimate of drug-likeness (QED) is 0.605. The van der Waals surface area contributed by atoms with Crippen molar-refractivity contribution in [1.29, 1.82) is 0 Å². The molecule has 0 radical (unpaired) electrons. The van der Waals surface area contributed by atoms with Gasteiger partial charge in [-0.3, -0.25) is 4.79 Å². The number of hydrogen-bond acceptors (Lipinski definition) is 4. The fourth-order valence-corrected chi connectivity index (χ4v) is 1.62. The largest absolute Gasteiger partial charge is 0.497 e. The van der Waals surface area contributed by atoms with Gasteiger partial charge in [-0.25, -0.2) is 9.59 Å². The van der Waals surface area contributed by atoms with Crippen LogP contribution in [0.3, 0.4) is 0 Å². The van der Waals surface area contributed by atoms with Crippen LogP contribution in [0.25, 0.3) is 0 Å². The number of anilines is 1. The summed E-state index contributed by atoms with van der Waals surface area (Å²) in [4.78, 5) is 33.4. The fourth-order valence-electron chi connectivity index (χ4n) is 1.62. The van der Waals surface area contributed by atoms with Gasteiger partial charge in [0.1, 0.15) is 11.8 Å². The van der Waals surface area contributed by atoms with Crippen molar-refractivity contribution in [2.45, 2.75) is 19.4 Å². The van der Waals surface area contributed by atoms with Crippen molar-refractivity contribution in [3.63, 3.8) is 0 Å². The van der Waals surface area contributed by atoms with Crippen LogP contribution in [0.5, 0.6) is 5.75 Å². The van der Waals surface area contributed by atoms with Gasteiger partial charge in [0, 0.05) is 5.69 Å². The third-order valence-electron chi connectivity index (χ3n) is 2.69. The van der Waals surface area contributed by atoms with Gasteiger partial charge in [-0.15, -0.1) is 0 Å². The Labute approximate surface area is 121 Å². The molecule has 0 aliphatic heterocycles. The number of carbonyl (C=O) groups excluding carboxylic acids is 2. The molecule has 8 nitrogen and oxygen atoms in total. The van der Waals surface area contributed by atoms with E-state index in [2.05, 4.69) is 10.6 Å². The number of nitrogens with two attached hydrogens (primary N) is 1. The van der Waals surface area contributed by atoms with Gasteiger partial charge in [-0.05, 0) is 30.7 Å². The highest BCUT2D eigenvalue weighted by Crippen LogP contribution is 2.20. The number of primary amides is 1. The van der Waals surface area contributed by atoms with E-state index in [0.717, 1.165) is 5.56 Å². The van der Waals surface area contributed by atoms with Gasteiger partial charge in [-0.1, -0.05) is 0 Å². The molecular weight excluding hydrogens is 278 g/mol. The summed E-state index contributed by atoms with van der Waals surface area (Å²) in [6, 6.07) is 2.88. The molecule has 0 saturated heterocycles. The molecule has 1 rings (SSSR count). The van der Waals surface area contributed by atoms with Crippen LogP contribution in [0.1, 0.15) is 12.0 Å². The smallest absolute Gasteiger partial charge is 0.326 e.